The largest absolute Gasteiger partial charge is 0.504 e. The standard InChI is InChI=1S/C39H50N18O6/c1-42-33-44-31(40)46-37(48-33)55(4)15-13-22-9-12-29(28(61)17-22)63-53-35-45-32(41)47-38(51-35)56(5)16-14-23-7-11-26(59)30(19-23)62-21-57(6)39-50-34(49-36(52-39)54(2)3)43-20-24-8-10-25(58)27(60)18-24/h7-12,17-19,58-61H,13-16,20-21H2,1-6H3,(H,43,49,50,52)(H3,40,42,44,46,48)(H3,41,45,47,51,53). The van der Waals surface area contributed by atoms with Gasteiger partial charge in [-0.05, 0) is 65.9 Å². The fourth-order valence-electron chi connectivity index (χ4n) is 5.68. The molecule has 0 aliphatic rings. The van der Waals surface area contributed by atoms with E-state index in [-0.39, 0.29) is 77.5 Å². The van der Waals surface area contributed by atoms with E-state index in [1.54, 1.807) is 86.3 Å². The minimum absolute atomic E-state index is 0.0161. The van der Waals surface area contributed by atoms with Gasteiger partial charge in [-0.2, -0.15) is 50.3 Å². The molecule has 3 heterocycles. The van der Waals surface area contributed by atoms with Crippen LogP contribution in [0.5, 0.6) is 34.5 Å². The number of aromatic hydroxyl groups is 4. The van der Waals surface area contributed by atoms with Crippen LogP contribution < -0.4 is 56.8 Å². The number of likely N-dealkylation sites (N-methyl/N-ethyl adjacent to an activating group) is 2. The van der Waals surface area contributed by atoms with E-state index in [1.807, 2.05) is 18.0 Å². The molecule has 3 aromatic heterocycles. The predicted octanol–water partition coefficient (Wildman–Crippen LogP) is 2.18. The quantitative estimate of drug-likeness (QED) is 0.0302. The van der Waals surface area contributed by atoms with E-state index in [1.165, 1.54) is 12.1 Å². The molecule has 24 heteroatoms. The van der Waals surface area contributed by atoms with Crippen LogP contribution in [0.2, 0.25) is 0 Å². The molecule has 0 spiro atoms. The number of phenols is 4. The first-order valence-corrected chi connectivity index (χ1v) is 19.4. The van der Waals surface area contributed by atoms with E-state index in [0.717, 1.165) is 11.1 Å². The highest BCUT2D eigenvalue weighted by Gasteiger charge is 2.16. The number of hydrogen-bond acceptors (Lipinski definition) is 24. The van der Waals surface area contributed by atoms with Crippen LogP contribution in [0, 0.1) is 0 Å². The maximum Gasteiger partial charge on any atom is 0.263 e. The molecule has 0 aliphatic carbocycles. The topological polar surface area (TPSA) is 316 Å². The lowest BCUT2D eigenvalue weighted by molar-refractivity contribution is 0.300. The lowest BCUT2D eigenvalue weighted by atomic mass is 10.1. The van der Waals surface area contributed by atoms with Crippen LogP contribution in [-0.2, 0) is 19.4 Å². The number of phenolic OH excluding ortho intramolecular Hbond substituents is 4. The number of rotatable bonds is 20. The molecule has 0 radical (unpaired) electrons. The Morgan fingerprint density at radius 2 is 1.10 bits per heavy atom. The van der Waals surface area contributed by atoms with Gasteiger partial charge < -0.3 is 71.7 Å². The molecule has 6 aromatic rings. The van der Waals surface area contributed by atoms with Crippen molar-refractivity contribution in [1.29, 1.82) is 0 Å². The summed E-state index contributed by atoms with van der Waals surface area (Å²) in [5.41, 5.74) is 16.8. The fraction of sp³-hybridized carbons (Fsp3) is 0.308. The molecule has 11 N–H and O–H groups in total. The zero-order valence-corrected chi connectivity index (χ0v) is 35.5. The van der Waals surface area contributed by atoms with Crippen molar-refractivity contribution in [2.24, 2.45) is 0 Å². The van der Waals surface area contributed by atoms with Crippen molar-refractivity contribution in [2.45, 2.75) is 19.4 Å². The Morgan fingerprint density at radius 1 is 0.540 bits per heavy atom. The summed E-state index contributed by atoms with van der Waals surface area (Å²) in [6, 6.07) is 14.6. The lowest BCUT2D eigenvalue weighted by Gasteiger charge is -2.21. The zero-order chi connectivity index (χ0) is 45.2. The smallest absolute Gasteiger partial charge is 0.263 e. The zero-order valence-electron chi connectivity index (χ0n) is 35.5. The Bertz CT molecular complexity index is 2520. The van der Waals surface area contributed by atoms with E-state index in [0.29, 0.717) is 55.3 Å². The molecule has 0 saturated heterocycles. The van der Waals surface area contributed by atoms with Crippen LogP contribution in [0.25, 0.3) is 0 Å². The van der Waals surface area contributed by atoms with Crippen LogP contribution in [-0.4, -0.2) is 127 Å². The van der Waals surface area contributed by atoms with Gasteiger partial charge in [0.25, 0.3) is 5.95 Å². The third-order valence-electron chi connectivity index (χ3n) is 9.22. The van der Waals surface area contributed by atoms with Crippen LogP contribution in [0.4, 0.5) is 53.5 Å². The highest BCUT2D eigenvalue weighted by atomic mass is 16.7. The van der Waals surface area contributed by atoms with Crippen molar-refractivity contribution in [2.75, 3.05) is 109 Å². The molecular formula is C39H50N18O6. The number of nitrogen functional groups attached to an aromatic ring is 2. The summed E-state index contributed by atoms with van der Waals surface area (Å²) in [6.07, 6.45) is 1.07. The van der Waals surface area contributed by atoms with Gasteiger partial charge in [-0.3, -0.25) is 0 Å². The van der Waals surface area contributed by atoms with Gasteiger partial charge in [-0.25, -0.2) is 0 Å². The van der Waals surface area contributed by atoms with Crippen molar-refractivity contribution in [3.63, 3.8) is 0 Å². The Labute approximate surface area is 362 Å². The van der Waals surface area contributed by atoms with Gasteiger partial charge in [0, 0.05) is 61.9 Å². The molecule has 0 atom stereocenters. The average Bonchev–Trinajstić information content (AvgIpc) is 3.26. The molecule has 332 valence electrons. The highest BCUT2D eigenvalue weighted by molar-refractivity contribution is 5.49. The second-order valence-electron chi connectivity index (χ2n) is 14.3. The second kappa shape index (κ2) is 19.8. The number of hydrogen-bond donors (Lipinski definition) is 9. The monoisotopic (exact) mass is 866 g/mol. The Hall–Kier alpha value is -8.31. The first-order valence-electron chi connectivity index (χ1n) is 19.4. The number of nitrogens with two attached hydrogens (primary N) is 2. The van der Waals surface area contributed by atoms with E-state index >= 15 is 0 Å². The first kappa shape index (κ1) is 44.2. The molecule has 0 amide bonds. The summed E-state index contributed by atoms with van der Waals surface area (Å²) in [7, 11) is 10.6. The summed E-state index contributed by atoms with van der Waals surface area (Å²) < 4.78 is 6.01. The third kappa shape index (κ3) is 11.9. The second-order valence-corrected chi connectivity index (χ2v) is 14.3. The van der Waals surface area contributed by atoms with E-state index in [4.69, 9.17) is 21.0 Å². The van der Waals surface area contributed by atoms with Crippen molar-refractivity contribution >= 4 is 53.5 Å². The van der Waals surface area contributed by atoms with Gasteiger partial charge in [0.2, 0.25) is 47.6 Å². The molecular weight excluding hydrogens is 817 g/mol. The molecule has 0 fully saturated rings. The molecule has 0 unspecified atom stereocenters. The van der Waals surface area contributed by atoms with Gasteiger partial charge in [0.05, 0.1) is 0 Å². The number of nitrogens with zero attached hydrogens (tertiary/aromatic N) is 13. The molecule has 6 rings (SSSR count). The van der Waals surface area contributed by atoms with Crippen LogP contribution >= 0.6 is 0 Å². The first-order chi connectivity index (χ1) is 30.1. The van der Waals surface area contributed by atoms with E-state index in [9.17, 15) is 20.4 Å². The van der Waals surface area contributed by atoms with Crippen molar-refractivity contribution < 1.29 is 30.0 Å². The van der Waals surface area contributed by atoms with E-state index < -0.39 is 0 Å². The third-order valence-corrected chi connectivity index (χ3v) is 9.22. The normalized spacial score (nSPS) is 10.8. The van der Waals surface area contributed by atoms with Crippen LogP contribution in [0.3, 0.4) is 0 Å². The Kier molecular flexibility index (Phi) is 13.9. The van der Waals surface area contributed by atoms with Crippen molar-refractivity contribution in [3.05, 3.63) is 71.3 Å². The molecule has 24 nitrogen and oxygen atoms in total. The molecule has 63 heavy (non-hydrogen) atoms. The molecule has 0 saturated carbocycles. The average molecular weight is 867 g/mol. The minimum atomic E-state index is -0.230. The predicted molar refractivity (Wildman–Crippen MR) is 238 cm³/mol. The Balaban J connectivity index is 1.01. The summed E-state index contributed by atoms with van der Waals surface area (Å²) in [5.74, 6) is 1.88. The molecule has 0 aliphatic heterocycles. The summed E-state index contributed by atoms with van der Waals surface area (Å²) >= 11 is 0. The van der Waals surface area contributed by atoms with E-state index in [2.05, 4.69) is 61.0 Å². The van der Waals surface area contributed by atoms with Crippen LogP contribution in [0.1, 0.15) is 16.7 Å². The van der Waals surface area contributed by atoms with Crippen LogP contribution in [0.15, 0.2) is 54.6 Å². The van der Waals surface area contributed by atoms with Crippen molar-refractivity contribution in [1.82, 2.24) is 44.9 Å². The van der Waals surface area contributed by atoms with Gasteiger partial charge in [0.1, 0.15) is 0 Å². The van der Waals surface area contributed by atoms with Gasteiger partial charge in [0.15, 0.2) is 41.2 Å². The Morgan fingerprint density at radius 3 is 1.75 bits per heavy atom. The van der Waals surface area contributed by atoms with Gasteiger partial charge in [-0.1, -0.05) is 18.2 Å². The van der Waals surface area contributed by atoms with Gasteiger partial charge >= 0.3 is 0 Å². The minimum Gasteiger partial charge on any atom is -0.504 e. The summed E-state index contributed by atoms with van der Waals surface area (Å²) in [4.78, 5) is 51.4. The maximum absolute atomic E-state index is 10.7. The SMILES string of the molecule is CNc1nc(N)nc(N(C)CCc2ccc(ONc3nc(N)nc(N(C)CCc4ccc(O)c(OCN(C)c5nc(NCc6ccc(O)c(O)c6)nc(N(C)C)n5)c4)n3)c(O)c2)n1. The number of ether oxygens (including phenoxy) is 1. The molecule has 0 bridgehead atoms. The molecule has 3 aromatic carbocycles. The fourth-order valence-corrected chi connectivity index (χ4v) is 5.68. The highest BCUT2D eigenvalue weighted by Crippen LogP contribution is 2.30. The summed E-state index contributed by atoms with van der Waals surface area (Å²) in [5, 5.41) is 46.8. The van der Waals surface area contributed by atoms with Gasteiger partial charge in [-0.15, -0.1) is 0 Å². The lowest BCUT2D eigenvalue weighted by Crippen LogP contribution is -2.27. The number of anilines is 9. The summed E-state index contributed by atoms with van der Waals surface area (Å²) in [6.45, 7) is 1.23. The number of benzene rings is 3. The number of nitrogens with one attached hydrogen (secondary N) is 3. The number of aromatic nitrogens is 9. The maximum atomic E-state index is 10.7. The van der Waals surface area contributed by atoms with Crippen molar-refractivity contribution in [3.8, 4) is 34.5 Å².